The molecule has 5 nitrogen and oxygen atoms in total. The Balaban J connectivity index is 1.58. The SMILES string of the molecule is Cc1cc(C)c(-c2nc(-c3cc(Sc4ccccn4)cc(-c4ccccc4)c3)nc(-c3ccccc3O)n2)c(C)c1. The van der Waals surface area contributed by atoms with Crippen LogP contribution in [0.1, 0.15) is 16.7 Å². The van der Waals surface area contributed by atoms with Gasteiger partial charge in [-0.25, -0.2) is 19.9 Å². The quantitative estimate of drug-likeness (QED) is 0.223. The Bertz CT molecular complexity index is 1830. The molecule has 0 aliphatic carbocycles. The van der Waals surface area contributed by atoms with E-state index >= 15 is 0 Å². The van der Waals surface area contributed by atoms with Gasteiger partial charge in [-0.2, -0.15) is 0 Å². The van der Waals surface area contributed by atoms with Crippen molar-refractivity contribution in [3.8, 4) is 51.0 Å². The second-order valence-corrected chi connectivity index (χ2v) is 11.1. The lowest BCUT2D eigenvalue weighted by Gasteiger charge is -2.14. The van der Waals surface area contributed by atoms with E-state index in [1.165, 1.54) is 5.56 Å². The highest BCUT2D eigenvalue weighted by atomic mass is 32.2. The predicted molar refractivity (Wildman–Crippen MR) is 166 cm³/mol. The van der Waals surface area contributed by atoms with Crippen LogP contribution in [0, 0.1) is 20.8 Å². The molecule has 2 heterocycles. The minimum absolute atomic E-state index is 0.123. The van der Waals surface area contributed by atoms with E-state index in [1.54, 1.807) is 30.1 Å². The van der Waals surface area contributed by atoms with E-state index in [4.69, 9.17) is 15.0 Å². The zero-order chi connectivity index (χ0) is 28.3. The fourth-order valence-corrected chi connectivity index (χ4v) is 5.92. The van der Waals surface area contributed by atoms with Crippen molar-refractivity contribution < 1.29 is 5.11 Å². The molecule has 0 unspecified atom stereocenters. The number of aromatic nitrogens is 4. The van der Waals surface area contributed by atoms with E-state index in [0.717, 1.165) is 43.3 Å². The fraction of sp³-hybridized carbons (Fsp3) is 0.0857. The van der Waals surface area contributed by atoms with Crippen molar-refractivity contribution in [2.24, 2.45) is 0 Å². The van der Waals surface area contributed by atoms with E-state index < -0.39 is 0 Å². The maximum absolute atomic E-state index is 10.7. The summed E-state index contributed by atoms with van der Waals surface area (Å²) in [5.74, 6) is 1.66. The monoisotopic (exact) mass is 552 g/mol. The van der Waals surface area contributed by atoms with E-state index in [-0.39, 0.29) is 5.75 Å². The predicted octanol–water partition coefficient (Wildman–Crippen LogP) is 8.72. The molecule has 0 aliphatic heterocycles. The summed E-state index contributed by atoms with van der Waals surface area (Å²) in [6.45, 7) is 6.25. The maximum Gasteiger partial charge on any atom is 0.167 e. The van der Waals surface area contributed by atoms with Gasteiger partial charge in [-0.1, -0.05) is 78.0 Å². The van der Waals surface area contributed by atoms with Gasteiger partial charge in [0.1, 0.15) is 10.8 Å². The summed E-state index contributed by atoms with van der Waals surface area (Å²) in [6, 6.07) is 34.0. The molecule has 0 bridgehead atoms. The first-order valence-electron chi connectivity index (χ1n) is 13.4. The molecular weight excluding hydrogens is 524 g/mol. The summed E-state index contributed by atoms with van der Waals surface area (Å²) in [5.41, 5.74) is 7.89. The van der Waals surface area contributed by atoms with Crippen molar-refractivity contribution in [3.05, 3.63) is 126 Å². The Morgan fingerprint density at radius 2 is 1.24 bits per heavy atom. The molecule has 2 aromatic heterocycles. The molecule has 1 N–H and O–H groups in total. The maximum atomic E-state index is 10.7. The molecular formula is C35H28N4OS. The largest absolute Gasteiger partial charge is 0.507 e. The van der Waals surface area contributed by atoms with Gasteiger partial charge in [-0.3, -0.25) is 0 Å². The first kappa shape index (κ1) is 26.4. The van der Waals surface area contributed by atoms with Crippen LogP contribution < -0.4 is 0 Å². The van der Waals surface area contributed by atoms with Crippen LogP contribution in [0.25, 0.3) is 45.3 Å². The molecule has 6 aromatic rings. The molecule has 0 saturated heterocycles. The Kier molecular flexibility index (Phi) is 7.32. The number of benzene rings is 4. The van der Waals surface area contributed by atoms with Crippen LogP contribution >= 0.6 is 11.8 Å². The standard InChI is InChI=1S/C35H28N4OS/c1-22-17-23(2)32(24(3)18-22)35-38-33(37-34(39-35)29-13-7-8-14-30(29)40)27-19-26(25-11-5-4-6-12-25)20-28(21-27)41-31-15-9-10-16-36-31/h4-21,40H,1-3H3. The van der Waals surface area contributed by atoms with Gasteiger partial charge in [0, 0.05) is 22.2 Å². The van der Waals surface area contributed by atoms with E-state index in [2.05, 4.69) is 68.2 Å². The Morgan fingerprint density at radius 3 is 1.98 bits per heavy atom. The first-order chi connectivity index (χ1) is 19.9. The summed E-state index contributed by atoms with van der Waals surface area (Å²) in [7, 11) is 0. The minimum atomic E-state index is 0.123. The number of phenolic OH excluding ortho intramolecular Hbond substituents is 1. The van der Waals surface area contributed by atoms with Gasteiger partial charge < -0.3 is 5.11 Å². The normalized spacial score (nSPS) is 11.0. The summed E-state index contributed by atoms with van der Waals surface area (Å²) in [6.07, 6.45) is 1.80. The van der Waals surface area contributed by atoms with Crippen LogP contribution in [0.2, 0.25) is 0 Å². The van der Waals surface area contributed by atoms with Crippen LogP contribution in [0.5, 0.6) is 5.75 Å². The molecule has 0 spiro atoms. The van der Waals surface area contributed by atoms with Gasteiger partial charge in [0.2, 0.25) is 0 Å². The molecule has 6 rings (SSSR count). The van der Waals surface area contributed by atoms with Crippen molar-refractivity contribution >= 4 is 11.8 Å². The van der Waals surface area contributed by atoms with Gasteiger partial charge in [-0.05, 0) is 85.5 Å². The molecule has 0 saturated carbocycles. The summed E-state index contributed by atoms with van der Waals surface area (Å²) in [4.78, 5) is 20.4. The average Bonchev–Trinajstić information content (AvgIpc) is 2.97. The van der Waals surface area contributed by atoms with Crippen molar-refractivity contribution in [2.75, 3.05) is 0 Å². The zero-order valence-corrected chi connectivity index (χ0v) is 23.9. The van der Waals surface area contributed by atoms with Crippen molar-refractivity contribution in [2.45, 2.75) is 30.7 Å². The average molecular weight is 553 g/mol. The third kappa shape index (κ3) is 5.74. The molecule has 0 aliphatic rings. The highest BCUT2D eigenvalue weighted by Gasteiger charge is 2.18. The van der Waals surface area contributed by atoms with Gasteiger partial charge in [0.15, 0.2) is 17.5 Å². The first-order valence-corrected chi connectivity index (χ1v) is 14.2. The van der Waals surface area contributed by atoms with Crippen molar-refractivity contribution in [1.29, 1.82) is 0 Å². The summed E-state index contributed by atoms with van der Waals surface area (Å²) in [5, 5.41) is 11.6. The Hall–Kier alpha value is -4.81. The molecule has 0 atom stereocenters. The van der Waals surface area contributed by atoms with Crippen LogP contribution in [0.15, 0.2) is 119 Å². The molecule has 0 radical (unpaired) electrons. The highest BCUT2D eigenvalue weighted by Crippen LogP contribution is 2.36. The lowest BCUT2D eigenvalue weighted by molar-refractivity contribution is 0.477. The highest BCUT2D eigenvalue weighted by molar-refractivity contribution is 7.99. The van der Waals surface area contributed by atoms with E-state index in [0.29, 0.717) is 23.0 Å². The molecule has 0 fully saturated rings. The van der Waals surface area contributed by atoms with Gasteiger partial charge in [0.25, 0.3) is 0 Å². The fourth-order valence-electron chi connectivity index (χ4n) is 5.05. The van der Waals surface area contributed by atoms with Crippen LogP contribution in [-0.4, -0.2) is 25.0 Å². The lowest BCUT2D eigenvalue weighted by atomic mass is 9.99. The second kappa shape index (κ2) is 11.4. The smallest absolute Gasteiger partial charge is 0.167 e. The number of hydrogen-bond acceptors (Lipinski definition) is 6. The Labute approximate surface area is 244 Å². The van der Waals surface area contributed by atoms with Crippen LogP contribution in [0.4, 0.5) is 0 Å². The number of pyridine rings is 1. The van der Waals surface area contributed by atoms with Gasteiger partial charge in [0.05, 0.1) is 5.56 Å². The number of hydrogen-bond donors (Lipinski definition) is 1. The summed E-state index contributed by atoms with van der Waals surface area (Å²) < 4.78 is 0. The third-order valence-electron chi connectivity index (χ3n) is 6.81. The topological polar surface area (TPSA) is 71.8 Å². The van der Waals surface area contributed by atoms with Crippen molar-refractivity contribution in [1.82, 2.24) is 19.9 Å². The van der Waals surface area contributed by atoms with E-state index in [9.17, 15) is 5.11 Å². The second-order valence-electron chi connectivity index (χ2n) is 9.98. The molecule has 41 heavy (non-hydrogen) atoms. The third-order valence-corrected chi connectivity index (χ3v) is 7.74. The van der Waals surface area contributed by atoms with Gasteiger partial charge >= 0.3 is 0 Å². The molecule has 0 amide bonds. The number of aromatic hydroxyl groups is 1. The molecule has 200 valence electrons. The van der Waals surface area contributed by atoms with Crippen LogP contribution in [0.3, 0.4) is 0 Å². The van der Waals surface area contributed by atoms with Gasteiger partial charge in [-0.15, -0.1) is 0 Å². The lowest BCUT2D eigenvalue weighted by Crippen LogP contribution is -2.03. The van der Waals surface area contributed by atoms with Crippen LogP contribution in [-0.2, 0) is 0 Å². The Morgan fingerprint density at radius 1 is 0.585 bits per heavy atom. The summed E-state index contributed by atoms with van der Waals surface area (Å²) >= 11 is 1.59. The molecule has 6 heteroatoms. The number of nitrogens with zero attached hydrogens (tertiary/aromatic N) is 4. The minimum Gasteiger partial charge on any atom is -0.507 e. The zero-order valence-electron chi connectivity index (χ0n) is 23.0. The number of phenols is 1. The molecule has 4 aromatic carbocycles. The number of rotatable bonds is 6. The number of aryl methyl sites for hydroxylation is 3. The number of para-hydroxylation sites is 1. The van der Waals surface area contributed by atoms with E-state index in [1.807, 2.05) is 48.5 Å². The van der Waals surface area contributed by atoms with Crippen molar-refractivity contribution in [3.63, 3.8) is 0 Å².